The molecule has 0 amide bonds. The lowest BCUT2D eigenvalue weighted by Gasteiger charge is -2.03. The molecular weight excluding hydrogens is 286 g/mol. The molecular formula is C14H13N5O3. The third kappa shape index (κ3) is 2.91. The highest BCUT2D eigenvalue weighted by Gasteiger charge is 2.13. The van der Waals surface area contributed by atoms with Gasteiger partial charge < -0.3 is 9.26 Å². The van der Waals surface area contributed by atoms with Crippen molar-refractivity contribution in [1.29, 1.82) is 0 Å². The molecule has 0 bridgehead atoms. The van der Waals surface area contributed by atoms with Crippen LogP contribution < -0.4 is 5.56 Å². The molecule has 0 spiro atoms. The Balaban J connectivity index is 1.92. The lowest BCUT2D eigenvalue weighted by Crippen LogP contribution is -2.24. The molecule has 3 rings (SSSR count). The molecule has 0 radical (unpaired) electrons. The van der Waals surface area contributed by atoms with Gasteiger partial charge in [0.15, 0.2) is 0 Å². The van der Waals surface area contributed by atoms with Crippen molar-refractivity contribution < 1.29 is 9.26 Å². The zero-order valence-corrected chi connectivity index (χ0v) is 11.8. The predicted molar refractivity (Wildman–Crippen MR) is 76.9 cm³/mol. The standard InChI is InChI=1S/C14H13N5O3/c1-21-9-8-19-12(20)6-5-11(17-19)14-16-13(18-22-14)10-4-2-3-7-15-10/h2-7H,8-9H2,1H3. The van der Waals surface area contributed by atoms with E-state index in [1.54, 1.807) is 31.5 Å². The van der Waals surface area contributed by atoms with E-state index in [0.717, 1.165) is 0 Å². The van der Waals surface area contributed by atoms with E-state index in [1.165, 1.54) is 10.7 Å². The molecule has 0 N–H and O–H groups in total. The third-order valence-electron chi connectivity index (χ3n) is 2.91. The summed E-state index contributed by atoms with van der Waals surface area (Å²) < 4.78 is 11.4. The van der Waals surface area contributed by atoms with Crippen LogP contribution in [0, 0.1) is 0 Å². The third-order valence-corrected chi connectivity index (χ3v) is 2.91. The normalized spacial score (nSPS) is 10.8. The molecule has 0 fully saturated rings. The number of pyridine rings is 1. The Morgan fingerprint density at radius 3 is 2.91 bits per heavy atom. The molecule has 0 aliphatic rings. The zero-order chi connectivity index (χ0) is 15.4. The number of rotatable bonds is 5. The van der Waals surface area contributed by atoms with Gasteiger partial charge >= 0.3 is 0 Å². The first-order valence-corrected chi connectivity index (χ1v) is 6.60. The van der Waals surface area contributed by atoms with E-state index in [1.807, 2.05) is 6.07 Å². The van der Waals surface area contributed by atoms with Crippen molar-refractivity contribution in [1.82, 2.24) is 24.9 Å². The van der Waals surface area contributed by atoms with Crippen LogP contribution in [0.5, 0.6) is 0 Å². The minimum atomic E-state index is -0.217. The van der Waals surface area contributed by atoms with E-state index in [-0.39, 0.29) is 11.4 Å². The fourth-order valence-electron chi connectivity index (χ4n) is 1.83. The van der Waals surface area contributed by atoms with Crippen LogP contribution in [-0.2, 0) is 11.3 Å². The quantitative estimate of drug-likeness (QED) is 0.693. The van der Waals surface area contributed by atoms with Gasteiger partial charge in [-0.1, -0.05) is 11.2 Å². The fourth-order valence-corrected chi connectivity index (χ4v) is 1.83. The Morgan fingerprint density at radius 1 is 1.23 bits per heavy atom. The summed E-state index contributed by atoms with van der Waals surface area (Å²) in [7, 11) is 1.56. The van der Waals surface area contributed by atoms with Gasteiger partial charge in [0.25, 0.3) is 11.4 Å². The van der Waals surface area contributed by atoms with Crippen molar-refractivity contribution in [3.63, 3.8) is 0 Å². The molecule has 0 aliphatic heterocycles. The van der Waals surface area contributed by atoms with Gasteiger partial charge in [-0.15, -0.1) is 0 Å². The van der Waals surface area contributed by atoms with Crippen LogP contribution in [0.4, 0.5) is 0 Å². The first-order chi connectivity index (χ1) is 10.8. The Hall–Kier alpha value is -2.87. The highest BCUT2D eigenvalue weighted by Crippen LogP contribution is 2.18. The van der Waals surface area contributed by atoms with Crippen LogP contribution in [0.1, 0.15) is 0 Å². The maximum absolute atomic E-state index is 11.7. The highest BCUT2D eigenvalue weighted by molar-refractivity contribution is 5.53. The highest BCUT2D eigenvalue weighted by atomic mass is 16.5. The molecule has 22 heavy (non-hydrogen) atoms. The molecule has 0 atom stereocenters. The molecule has 3 aromatic heterocycles. The van der Waals surface area contributed by atoms with E-state index in [0.29, 0.717) is 30.4 Å². The number of nitrogens with zero attached hydrogens (tertiary/aromatic N) is 5. The van der Waals surface area contributed by atoms with Gasteiger partial charge in [-0.05, 0) is 18.2 Å². The summed E-state index contributed by atoms with van der Waals surface area (Å²) in [6.45, 7) is 0.740. The summed E-state index contributed by atoms with van der Waals surface area (Å²) >= 11 is 0. The van der Waals surface area contributed by atoms with Gasteiger partial charge in [0.2, 0.25) is 5.82 Å². The number of hydrogen-bond donors (Lipinski definition) is 0. The molecule has 112 valence electrons. The summed E-state index contributed by atoms with van der Waals surface area (Å²) in [5.41, 5.74) is 0.806. The monoisotopic (exact) mass is 299 g/mol. The van der Waals surface area contributed by atoms with Crippen molar-refractivity contribution in [3.8, 4) is 23.1 Å². The van der Waals surface area contributed by atoms with Gasteiger partial charge in [-0.3, -0.25) is 9.78 Å². The van der Waals surface area contributed by atoms with E-state index in [4.69, 9.17) is 9.26 Å². The van der Waals surface area contributed by atoms with E-state index >= 15 is 0 Å². The summed E-state index contributed by atoms with van der Waals surface area (Å²) in [6, 6.07) is 8.37. The van der Waals surface area contributed by atoms with Crippen LogP contribution in [-0.4, -0.2) is 38.6 Å². The summed E-state index contributed by atoms with van der Waals surface area (Å²) in [4.78, 5) is 20.1. The first kappa shape index (κ1) is 14.1. The van der Waals surface area contributed by atoms with Crippen LogP contribution in [0.25, 0.3) is 23.1 Å². The molecule has 0 aliphatic carbocycles. The lowest BCUT2D eigenvalue weighted by atomic mass is 10.3. The zero-order valence-electron chi connectivity index (χ0n) is 11.8. The molecule has 8 nitrogen and oxygen atoms in total. The second kappa shape index (κ2) is 6.27. The minimum absolute atomic E-state index is 0.217. The van der Waals surface area contributed by atoms with Crippen molar-refractivity contribution in [2.45, 2.75) is 6.54 Å². The van der Waals surface area contributed by atoms with Gasteiger partial charge in [-0.2, -0.15) is 10.1 Å². The largest absolute Gasteiger partial charge is 0.383 e. The average molecular weight is 299 g/mol. The van der Waals surface area contributed by atoms with Crippen molar-refractivity contribution in [2.75, 3.05) is 13.7 Å². The SMILES string of the molecule is COCCn1nc(-c2nc(-c3ccccn3)no2)ccc1=O. The summed E-state index contributed by atoms with van der Waals surface area (Å²) in [5.74, 6) is 0.596. The van der Waals surface area contributed by atoms with E-state index in [9.17, 15) is 4.79 Å². The molecule has 8 heteroatoms. The maximum atomic E-state index is 11.7. The second-order valence-corrected chi connectivity index (χ2v) is 4.41. The number of methoxy groups -OCH3 is 1. The fraction of sp³-hybridized carbons (Fsp3) is 0.214. The number of hydrogen-bond acceptors (Lipinski definition) is 7. The van der Waals surface area contributed by atoms with E-state index < -0.39 is 0 Å². The molecule has 3 heterocycles. The second-order valence-electron chi connectivity index (χ2n) is 4.41. The summed E-state index contributed by atoms with van der Waals surface area (Å²) in [5, 5.41) is 8.07. The molecule has 0 saturated carbocycles. The van der Waals surface area contributed by atoms with Crippen LogP contribution >= 0.6 is 0 Å². The number of ether oxygens (including phenoxy) is 1. The Morgan fingerprint density at radius 2 is 2.14 bits per heavy atom. The topological polar surface area (TPSA) is 95.9 Å². The van der Waals surface area contributed by atoms with Crippen LogP contribution in [0.3, 0.4) is 0 Å². The lowest BCUT2D eigenvalue weighted by molar-refractivity contribution is 0.182. The average Bonchev–Trinajstić information content (AvgIpc) is 3.05. The first-order valence-electron chi connectivity index (χ1n) is 6.60. The van der Waals surface area contributed by atoms with Gasteiger partial charge in [0.05, 0.1) is 13.2 Å². The van der Waals surface area contributed by atoms with Crippen LogP contribution in [0.15, 0.2) is 45.8 Å². The Bertz CT molecular complexity index is 813. The number of aromatic nitrogens is 5. The Kier molecular flexibility index (Phi) is 4.01. The summed E-state index contributed by atoms with van der Waals surface area (Å²) in [6.07, 6.45) is 1.65. The molecule has 0 aromatic carbocycles. The maximum Gasteiger partial charge on any atom is 0.278 e. The van der Waals surface area contributed by atoms with Crippen molar-refractivity contribution in [2.24, 2.45) is 0 Å². The molecule has 0 saturated heterocycles. The Labute approximate surface area is 125 Å². The molecule has 0 unspecified atom stereocenters. The van der Waals surface area contributed by atoms with E-state index in [2.05, 4.69) is 20.2 Å². The molecule has 3 aromatic rings. The van der Waals surface area contributed by atoms with Gasteiger partial charge in [0, 0.05) is 19.4 Å². The van der Waals surface area contributed by atoms with Crippen molar-refractivity contribution in [3.05, 3.63) is 46.9 Å². The van der Waals surface area contributed by atoms with Gasteiger partial charge in [-0.25, -0.2) is 4.68 Å². The smallest absolute Gasteiger partial charge is 0.278 e. The minimum Gasteiger partial charge on any atom is -0.383 e. The van der Waals surface area contributed by atoms with Gasteiger partial charge in [0.1, 0.15) is 11.4 Å². The van der Waals surface area contributed by atoms with Crippen LogP contribution in [0.2, 0.25) is 0 Å². The predicted octanol–water partition coefficient (Wildman–Crippen LogP) is 1.00. The van der Waals surface area contributed by atoms with Crippen molar-refractivity contribution >= 4 is 0 Å².